The average Bonchev–Trinajstić information content (AvgIpc) is 2.44. The maximum atomic E-state index is 12.0. The molecule has 1 rings (SSSR count). The third-order valence-electron chi connectivity index (χ3n) is 3.08. The molecular formula is C14H20N4O2S. The summed E-state index contributed by atoms with van der Waals surface area (Å²) in [6, 6.07) is 7.13. The average molecular weight is 308 g/mol. The maximum absolute atomic E-state index is 12.0. The first-order chi connectivity index (χ1) is 9.76. The van der Waals surface area contributed by atoms with Crippen LogP contribution in [0.3, 0.4) is 0 Å². The normalized spacial score (nSPS) is 10.9. The van der Waals surface area contributed by atoms with Gasteiger partial charge in [0, 0.05) is 17.5 Å². The van der Waals surface area contributed by atoms with E-state index in [1.54, 1.807) is 18.2 Å². The van der Waals surface area contributed by atoms with E-state index in [-0.39, 0.29) is 23.0 Å². The molecule has 0 aliphatic heterocycles. The Bertz CT molecular complexity index is 558. The van der Waals surface area contributed by atoms with Crippen LogP contribution in [0.1, 0.15) is 29.8 Å². The van der Waals surface area contributed by atoms with Gasteiger partial charge in [0.15, 0.2) is 5.17 Å². The number of nitrogens with one attached hydrogen (secondary N) is 3. The van der Waals surface area contributed by atoms with Crippen LogP contribution in [0, 0.1) is 5.41 Å². The largest absolute Gasteiger partial charge is 0.343 e. The second-order valence-electron chi connectivity index (χ2n) is 5.25. The first kappa shape index (κ1) is 17.2. The molecule has 0 saturated heterocycles. The molecule has 2 amide bonds. The predicted octanol–water partition coefficient (Wildman–Crippen LogP) is 0.633. The molecule has 0 atom stereocenters. The fourth-order valence-electron chi connectivity index (χ4n) is 1.64. The lowest BCUT2D eigenvalue weighted by Crippen LogP contribution is -2.38. The number of amidine groups is 1. The summed E-state index contributed by atoms with van der Waals surface area (Å²) in [4.78, 5) is 23.3. The van der Waals surface area contributed by atoms with Gasteiger partial charge in [-0.1, -0.05) is 26.0 Å². The van der Waals surface area contributed by atoms with Gasteiger partial charge in [-0.15, -0.1) is 12.6 Å². The van der Waals surface area contributed by atoms with E-state index < -0.39 is 5.91 Å². The van der Waals surface area contributed by atoms with Gasteiger partial charge in [-0.05, 0) is 17.7 Å². The molecule has 0 aromatic heterocycles. The fraction of sp³-hybridized carbons (Fsp3) is 0.357. The number of rotatable bonds is 5. The molecule has 0 fully saturated rings. The third kappa shape index (κ3) is 5.20. The maximum Gasteiger partial charge on any atom is 0.251 e. The highest BCUT2D eigenvalue weighted by Gasteiger charge is 2.19. The van der Waals surface area contributed by atoms with E-state index in [1.165, 1.54) is 0 Å². The summed E-state index contributed by atoms with van der Waals surface area (Å²) in [5, 5.41) is 11.4. The summed E-state index contributed by atoms with van der Waals surface area (Å²) in [7, 11) is 0. The van der Waals surface area contributed by atoms with Crippen molar-refractivity contribution in [3.8, 4) is 0 Å². The van der Waals surface area contributed by atoms with Gasteiger partial charge in [0.05, 0.1) is 6.54 Å². The Morgan fingerprint density at radius 1 is 1.38 bits per heavy atom. The number of benzene rings is 1. The molecule has 6 nitrogen and oxygen atoms in total. The molecule has 1 aromatic carbocycles. The van der Waals surface area contributed by atoms with Gasteiger partial charge in [0.25, 0.3) is 5.91 Å². The van der Waals surface area contributed by atoms with Gasteiger partial charge in [0.2, 0.25) is 5.91 Å². The van der Waals surface area contributed by atoms with Crippen molar-refractivity contribution < 1.29 is 9.59 Å². The van der Waals surface area contributed by atoms with Crippen LogP contribution in [-0.2, 0) is 10.2 Å². The van der Waals surface area contributed by atoms with E-state index in [0.29, 0.717) is 12.1 Å². The Balaban J connectivity index is 2.73. The molecule has 0 aliphatic carbocycles. The zero-order chi connectivity index (χ0) is 16.0. The number of nitrogens with two attached hydrogens (primary N) is 1. The van der Waals surface area contributed by atoms with Crippen LogP contribution < -0.4 is 16.4 Å². The van der Waals surface area contributed by atoms with Gasteiger partial charge >= 0.3 is 0 Å². The van der Waals surface area contributed by atoms with Crippen molar-refractivity contribution in [1.29, 1.82) is 5.41 Å². The lowest BCUT2D eigenvalue weighted by molar-refractivity contribution is -0.118. The lowest BCUT2D eigenvalue weighted by atomic mass is 9.84. The van der Waals surface area contributed by atoms with Gasteiger partial charge in [-0.2, -0.15) is 0 Å². The van der Waals surface area contributed by atoms with E-state index in [1.807, 2.05) is 19.9 Å². The number of carbonyl (C=O) groups is 2. The molecule has 0 unspecified atom stereocenters. The van der Waals surface area contributed by atoms with Gasteiger partial charge in [0.1, 0.15) is 0 Å². The van der Waals surface area contributed by atoms with Crippen molar-refractivity contribution >= 4 is 29.6 Å². The number of hydrogen-bond donors (Lipinski definition) is 5. The number of hydrogen-bond acceptors (Lipinski definition) is 4. The highest BCUT2D eigenvalue weighted by Crippen LogP contribution is 2.22. The highest BCUT2D eigenvalue weighted by molar-refractivity contribution is 7.96. The van der Waals surface area contributed by atoms with E-state index in [0.717, 1.165) is 5.56 Å². The monoisotopic (exact) mass is 308 g/mol. The lowest BCUT2D eigenvalue weighted by Gasteiger charge is -2.23. The standard InChI is InChI=1S/C14H20N4O2S/c1-14(2,8-15)10-5-3-4-9(6-10)12(20)17-7-11(19)18-13(16)21/h3-6H,7-8,15H2,1-2H3,(H,17,20)(H3,16,18,19,21). The topological polar surface area (TPSA) is 108 Å². The molecular weight excluding hydrogens is 288 g/mol. The van der Waals surface area contributed by atoms with E-state index in [9.17, 15) is 9.59 Å². The van der Waals surface area contributed by atoms with Gasteiger partial charge in [-0.25, -0.2) is 0 Å². The number of thiol groups is 1. The van der Waals surface area contributed by atoms with Crippen LogP contribution in [-0.4, -0.2) is 30.1 Å². The second-order valence-corrected chi connectivity index (χ2v) is 5.70. The Hall–Kier alpha value is -1.86. The first-order valence-corrected chi connectivity index (χ1v) is 6.87. The Morgan fingerprint density at radius 2 is 2.05 bits per heavy atom. The van der Waals surface area contributed by atoms with Crippen LogP contribution in [0.15, 0.2) is 24.3 Å². The third-order valence-corrected chi connectivity index (χ3v) is 3.20. The molecule has 1 aromatic rings. The first-order valence-electron chi connectivity index (χ1n) is 6.42. The quantitative estimate of drug-likeness (QED) is 0.313. The van der Waals surface area contributed by atoms with Crippen molar-refractivity contribution in [2.75, 3.05) is 13.1 Å². The number of carbonyl (C=O) groups excluding carboxylic acids is 2. The summed E-state index contributed by atoms with van der Waals surface area (Å²) in [6.45, 7) is 4.24. The van der Waals surface area contributed by atoms with E-state index >= 15 is 0 Å². The Morgan fingerprint density at radius 3 is 2.62 bits per heavy atom. The molecule has 0 aliphatic rings. The van der Waals surface area contributed by atoms with Crippen LogP contribution in [0.2, 0.25) is 0 Å². The zero-order valence-corrected chi connectivity index (χ0v) is 13.0. The highest BCUT2D eigenvalue weighted by atomic mass is 32.1. The van der Waals surface area contributed by atoms with E-state index in [4.69, 9.17) is 11.1 Å². The number of amides is 2. The molecule has 5 N–H and O–H groups in total. The summed E-state index contributed by atoms with van der Waals surface area (Å²) >= 11 is 3.63. The SMILES string of the molecule is CC(C)(CN)c1cccc(C(=O)NCC(=O)NC(=N)S)c1. The molecule has 0 heterocycles. The zero-order valence-electron chi connectivity index (χ0n) is 12.1. The molecule has 0 saturated carbocycles. The minimum Gasteiger partial charge on any atom is -0.343 e. The molecule has 0 spiro atoms. The molecule has 0 radical (unpaired) electrons. The van der Waals surface area contributed by atoms with Crippen molar-refractivity contribution in [1.82, 2.24) is 10.6 Å². The predicted molar refractivity (Wildman–Crippen MR) is 85.7 cm³/mol. The summed E-state index contributed by atoms with van der Waals surface area (Å²) in [5.41, 5.74) is 6.92. The van der Waals surface area contributed by atoms with Gasteiger partial charge < -0.3 is 16.4 Å². The van der Waals surface area contributed by atoms with Crippen molar-refractivity contribution in [3.05, 3.63) is 35.4 Å². The minimum absolute atomic E-state index is 0.216. The van der Waals surface area contributed by atoms with Crippen LogP contribution in [0.4, 0.5) is 0 Å². The van der Waals surface area contributed by atoms with Crippen LogP contribution >= 0.6 is 12.6 Å². The van der Waals surface area contributed by atoms with Gasteiger partial charge in [-0.3, -0.25) is 15.0 Å². The summed E-state index contributed by atoms with van der Waals surface area (Å²) in [6.07, 6.45) is 0. The molecule has 21 heavy (non-hydrogen) atoms. The minimum atomic E-state index is -0.498. The Kier molecular flexibility index (Phi) is 5.92. The smallest absolute Gasteiger partial charge is 0.251 e. The molecule has 7 heteroatoms. The van der Waals surface area contributed by atoms with Crippen LogP contribution in [0.5, 0.6) is 0 Å². The summed E-state index contributed by atoms with van der Waals surface area (Å²) < 4.78 is 0. The van der Waals surface area contributed by atoms with Crippen molar-refractivity contribution in [3.63, 3.8) is 0 Å². The Labute approximate surface area is 129 Å². The van der Waals surface area contributed by atoms with Crippen molar-refractivity contribution in [2.24, 2.45) is 5.73 Å². The van der Waals surface area contributed by atoms with E-state index in [2.05, 4.69) is 23.3 Å². The summed E-state index contributed by atoms with van der Waals surface area (Å²) in [5.74, 6) is -0.854. The van der Waals surface area contributed by atoms with Crippen molar-refractivity contribution in [2.45, 2.75) is 19.3 Å². The fourth-order valence-corrected chi connectivity index (χ4v) is 1.76. The second kappa shape index (κ2) is 7.24. The molecule has 0 bridgehead atoms. The van der Waals surface area contributed by atoms with Crippen LogP contribution in [0.25, 0.3) is 0 Å². The molecule has 114 valence electrons.